The van der Waals surface area contributed by atoms with E-state index < -0.39 is 0 Å². The fourth-order valence-electron chi connectivity index (χ4n) is 3.25. The van der Waals surface area contributed by atoms with Gasteiger partial charge in [0.1, 0.15) is 0 Å². The first-order valence-corrected chi connectivity index (χ1v) is 9.16. The lowest BCUT2D eigenvalue weighted by atomic mass is 10.1. The second kappa shape index (κ2) is 7.46. The number of anilines is 3. The first-order valence-electron chi connectivity index (χ1n) is 9.16. The molecule has 2 heteroatoms. The van der Waals surface area contributed by atoms with Gasteiger partial charge in [0, 0.05) is 28.8 Å². The second-order valence-corrected chi connectivity index (χ2v) is 6.78. The van der Waals surface area contributed by atoms with Gasteiger partial charge in [-0.1, -0.05) is 48.0 Å². The number of pyridine rings is 1. The molecule has 0 atom stereocenters. The van der Waals surface area contributed by atoms with Crippen molar-refractivity contribution in [3.63, 3.8) is 0 Å². The molecule has 0 amide bonds. The van der Waals surface area contributed by atoms with E-state index >= 15 is 0 Å². The third kappa shape index (κ3) is 3.75. The van der Waals surface area contributed by atoms with Gasteiger partial charge in [0.15, 0.2) is 0 Å². The van der Waals surface area contributed by atoms with Gasteiger partial charge >= 0.3 is 0 Å². The summed E-state index contributed by atoms with van der Waals surface area (Å²) in [5, 5.41) is 0. The minimum Gasteiger partial charge on any atom is -0.310 e. The van der Waals surface area contributed by atoms with Crippen LogP contribution in [-0.4, -0.2) is 4.98 Å². The Hall–Kier alpha value is -3.39. The highest BCUT2D eigenvalue weighted by Crippen LogP contribution is 2.36. The van der Waals surface area contributed by atoms with Gasteiger partial charge < -0.3 is 4.90 Å². The van der Waals surface area contributed by atoms with E-state index in [0.717, 1.165) is 28.3 Å². The highest BCUT2D eigenvalue weighted by atomic mass is 15.1. The molecule has 1 heterocycles. The summed E-state index contributed by atoms with van der Waals surface area (Å²) in [6.45, 7) is 4.24. The molecule has 0 aliphatic heterocycles. The number of rotatable bonds is 4. The lowest BCUT2D eigenvalue weighted by Crippen LogP contribution is -2.10. The minimum atomic E-state index is 0.979. The van der Waals surface area contributed by atoms with Crippen molar-refractivity contribution in [1.82, 2.24) is 4.98 Å². The lowest BCUT2D eigenvalue weighted by Gasteiger charge is -2.26. The van der Waals surface area contributed by atoms with Crippen LogP contribution < -0.4 is 4.90 Å². The van der Waals surface area contributed by atoms with E-state index in [2.05, 4.69) is 96.5 Å². The number of benzene rings is 3. The van der Waals surface area contributed by atoms with Crippen LogP contribution in [0.25, 0.3) is 11.3 Å². The third-order valence-corrected chi connectivity index (χ3v) is 4.62. The van der Waals surface area contributed by atoms with Crippen LogP contribution in [0.5, 0.6) is 0 Å². The van der Waals surface area contributed by atoms with Gasteiger partial charge in [0.05, 0.1) is 5.69 Å². The predicted molar refractivity (Wildman–Crippen MR) is 114 cm³/mol. The molecule has 0 unspecified atom stereocenters. The maximum absolute atomic E-state index is 4.50. The van der Waals surface area contributed by atoms with Gasteiger partial charge in [-0.25, -0.2) is 0 Å². The van der Waals surface area contributed by atoms with Crippen LogP contribution in [0, 0.1) is 13.8 Å². The maximum atomic E-state index is 4.50. The van der Waals surface area contributed by atoms with Crippen LogP contribution >= 0.6 is 0 Å². The SMILES string of the molecule is Cc1ccc(N(c2cccc(C)c2)c2cccc(-c3ccccn3)c2)cc1. The van der Waals surface area contributed by atoms with Crippen LogP contribution in [0.2, 0.25) is 0 Å². The molecule has 132 valence electrons. The number of aryl methyl sites for hydroxylation is 2. The molecular formula is C25H22N2. The molecule has 0 radical (unpaired) electrons. The van der Waals surface area contributed by atoms with Gasteiger partial charge in [-0.05, 0) is 67.9 Å². The van der Waals surface area contributed by atoms with Crippen molar-refractivity contribution in [2.45, 2.75) is 13.8 Å². The van der Waals surface area contributed by atoms with E-state index in [9.17, 15) is 0 Å². The summed E-state index contributed by atoms with van der Waals surface area (Å²) in [6, 6.07) is 31.8. The molecule has 0 saturated carbocycles. The Morgan fingerprint density at radius 3 is 2.04 bits per heavy atom. The van der Waals surface area contributed by atoms with E-state index in [-0.39, 0.29) is 0 Å². The van der Waals surface area contributed by atoms with Crippen LogP contribution in [0.15, 0.2) is 97.2 Å². The summed E-state index contributed by atoms with van der Waals surface area (Å²) >= 11 is 0. The molecule has 0 N–H and O–H groups in total. The zero-order chi connectivity index (χ0) is 18.6. The molecule has 1 aromatic heterocycles. The quantitative estimate of drug-likeness (QED) is 0.401. The molecule has 4 rings (SSSR count). The Bertz CT molecular complexity index is 1040. The average molecular weight is 350 g/mol. The summed E-state index contributed by atoms with van der Waals surface area (Å²) in [6.07, 6.45) is 1.83. The second-order valence-electron chi connectivity index (χ2n) is 6.78. The summed E-state index contributed by atoms with van der Waals surface area (Å²) in [5.41, 5.74) is 8.00. The normalized spacial score (nSPS) is 10.6. The van der Waals surface area contributed by atoms with Crippen molar-refractivity contribution in [1.29, 1.82) is 0 Å². The van der Waals surface area contributed by atoms with Gasteiger partial charge in [-0.3, -0.25) is 4.98 Å². The van der Waals surface area contributed by atoms with Crippen molar-refractivity contribution >= 4 is 17.1 Å². The van der Waals surface area contributed by atoms with E-state index in [1.165, 1.54) is 11.1 Å². The smallest absolute Gasteiger partial charge is 0.0702 e. The van der Waals surface area contributed by atoms with Gasteiger partial charge in [0.2, 0.25) is 0 Å². The lowest BCUT2D eigenvalue weighted by molar-refractivity contribution is 1.26. The van der Waals surface area contributed by atoms with Crippen LogP contribution in [0.3, 0.4) is 0 Å². The Morgan fingerprint density at radius 1 is 0.593 bits per heavy atom. The molecule has 0 spiro atoms. The molecular weight excluding hydrogens is 328 g/mol. The third-order valence-electron chi connectivity index (χ3n) is 4.62. The molecule has 0 fully saturated rings. The van der Waals surface area contributed by atoms with Crippen molar-refractivity contribution in [3.05, 3.63) is 108 Å². The summed E-state index contributed by atoms with van der Waals surface area (Å²) < 4.78 is 0. The fourth-order valence-corrected chi connectivity index (χ4v) is 3.25. The Kier molecular flexibility index (Phi) is 4.71. The molecule has 0 aliphatic carbocycles. The number of aromatic nitrogens is 1. The Morgan fingerprint density at radius 2 is 1.33 bits per heavy atom. The molecule has 4 aromatic rings. The van der Waals surface area contributed by atoms with E-state index in [4.69, 9.17) is 0 Å². The maximum Gasteiger partial charge on any atom is 0.0702 e. The topological polar surface area (TPSA) is 16.1 Å². The number of hydrogen-bond donors (Lipinski definition) is 0. The van der Waals surface area contributed by atoms with Gasteiger partial charge in [0.25, 0.3) is 0 Å². The van der Waals surface area contributed by atoms with Crippen LogP contribution in [0.1, 0.15) is 11.1 Å². The monoisotopic (exact) mass is 350 g/mol. The average Bonchev–Trinajstić information content (AvgIpc) is 2.71. The van der Waals surface area contributed by atoms with E-state index in [1.54, 1.807) is 0 Å². The zero-order valence-corrected chi connectivity index (χ0v) is 15.6. The zero-order valence-electron chi connectivity index (χ0n) is 15.6. The highest BCUT2D eigenvalue weighted by Gasteiger charge is 2.13. The van der Waals surface area contributed by atoms with Crippen molar-refractivity contribution in [2.75, 3.05) is 4.90 Å². The molecule has 0 aliphatic rings. The molecule has 0 bridgehead atoms. The van der Waals surface area contributed by atoms with Crippen LogP contribution in [-0.2, 0) is 0 Å². The van der Waals surface area contributed by atoms with Crippen molar-refractivity contribution in [2.24, 2.45) is 0 Å². The summed E-state index contributed by atoms with van der Waals surface area (Å²) in [4.78, 5) is 6.79. The Balaban J connectivity index is 1.85. The van der Waals surface area contributed by atoms with E-state index in [0.29, 0.717) is 0 Å². The molecule has 2 nitrogen and oxygen atoms in total. The standard InChI is InChI=1S/C25H22N2/c1-19-12-14-22(15-13-19)27(23-9-5-7-20(2)17-23)24-10-6-8-21(18-24)25-11-3-4-16-26-25/h3-18H,1-2H3. The first kappa shape index (κ1) is 17.0. The molecule has 27 heavy (non-hydrogen) atoms. The van der Waals surface area contributed by atoms with Gasteiger partial charge in [-0.2, -0.15) is 0 Å². The highest BCUT2D eigenvalue weighted by molar-refractivity contribution is 5.79. The van der Waals surface area contributed by atoms with Crippen molar-refractivity contribution < 1.29 is 0 Å². The first-order chi connectivity index (χ1) is 13.2. The number of hydrogen-bond acceptors (Lipinski definition) is 2. The Labute approximate surface area is 160 Å². The number of nitrogens with zero attached hydrogens (tertiary/aromatic N) is 2. The molecule has 3 aromatic carbocycles. The minimum absolute atomic E-state index is 0.979. The predicted octanol–water partition coefficient (Wildman–Crippen LogP) is 6.84. The fraction of sp³-hybridized carbons (Fsp3) is 0.0800. The largest absolute Gasteiger partial charge is 0.310 e. The van der Waals surface area contributed by atoms with Crippen molar-refractivity contribution in [3.8, 4) is 11.3 Å². The summed E-state index contributed by atoms with van der Waals surface area (Å²) in [5.74, 6) is 0. The summed E-state index contributed by atoms with van der Waals surface area (Å²) in [7, 11) is 0. The van der Waals surface area contributed by atoms with Gasteiger partial charge in [-0.15, -0.1) is 0 Å². The van der Waals surface area contributed by atoms with Crippen LogP contribution in [0.4, 0.5) is 17.1 Å². The van der Waals surface area contributed by atoms with E-state index in [1.807, 2.05) is 24.4 Å². The molecule has 0 saturated heterocycles.